The van der Waals surface area contributed by atoms with Crippen LogP contribution in [0.1, 0.15) is 41.4 Å². The standard InChI is InChI=1S/C23H25N3O2/c1-4-5-13-26-17(3)14-20(27)21(22(26)18-10-8-12-24-15-18)23(28)25-19-11-7-6-9-16(19)2/h6-12,14-15H,4-5,13H2,1-3H3,(H,25,28). The van der Waals surface area contributed by atoms with Gasteiger partial charge in [-0.1, -0.05) is 31.5 Å². The highest BCUT2D eigenvalue weighted by atomic mass is 16.2. The van der Waals surface area contributed by atoms with Crippen molar-refractivity contribution >= 4 is 11.6 Å². The molecule has 28 heavy (non-hydrogen) atoms. The van der Waals surface area contributed by atoms with Crippen LogP contribution in [0.15, 0.2) is 59.7 Å². The van der Waals surface area contributed by atoms with Gasteiger partial charge < -0.3 is 9.88 Å². The van der Waals surface area contributed by atoms with Gasteiger partial charge in [0.2, 0.25) is 0 Å². The van der Waals surface area contributed by atoms with Crippen LogP contribution in [0.3, 0.4) is 0 Å². The van der Waals surface area contributed by atoms with E-state index in [1.807, 2.05) is 50.2 Å². The number of aromatic nitrogens is 2. The summed E-state index contributed by atoms with van der Waals surface area (Å²) in [6.07, 6.45) is 5.35. The van der Waals surface area contributed by atoms with Gasteiger partial charge >= 0.3 is 0 Å². The zero-order chi connectivity index (χ0) is 20.1. The van der Waals surface area contributed by atoms with Gasteiger partial charge in [-0.15, -0.1) is 0 Å². The molecule has 0 spiro atoms. The number of amides is 1. The van der Waals surface area contributed by atoms with E-state index in [0.29, 0.717) is 11.4 Å². The second kappa shape index (κ2) is 8.65. The molecule has 0 fully saturated rings. The molecule has 0 radical (unpaired) electrons. The predicted octanol–water partition coefficient (Wildman–Crippen LogP) is 4.58. The first kappa shape index (κ1) is 19.5. The van der Waals surface area contributed by atoms with Gasteiger partial charge in [0.1, 0.15) is 5.56 Å². The van der Waals surface area contributed by atoms with Crippen LogP contribution in [-0.4, -0.2) is 15.5 Å². The fourth-order valence-electron chi connectivity index (χ4n) is 3.29. The van der Waals surface area contributed by atoms with Crippen molar-refractivity contribution < 1.29 is 4.79 Å². The first-order valence-electron chi connectivity index (χ1n) is 9.54. The number of rotatable bonds is 6. The number of hydrogen-bond donors (Lipinski definition) is 1. The van der Waals surface area contributed by atoms with E-state index in [4.69, 9.17) is 0 Å². The topological polar surface area (TPSA) is 64.0 Å². The fourth-order valence-corrected chi connectivity index (χ4v) is 3.29. The van der Waals surface area contributed by atoms with Crippen LogP contribution < -0.4 is 10.7 Å². The lowest BCUT2D eigenvalue weighted by atomic mass is 10.0. The molecule has 5 heteroatoms. The SMILES string of the molecule is CCCCn1c(C)cc(=O)c(C(=O)Nc2ccccc2C)c1-c1cccnc1. The summed E-state index contributed by atoms with van der Waals surface area (Å²) in [5.74, 6) is -0.400. The average molecular weight is 375 g/mol. The van der Waals surface area contributed by atoms with E-state index in [-0.39, 0.29) is 11.0 Å². The summed E-state index contributed by atoms with van der Waals surface area (Å²) in [6.45, 7) is 6.68. The Hall–Kier alpha value is -3.21. The normalized spacial score (nSPS) is 10.7. The molecule has 5 nitrogen and oxygen atoms in total. The average Bonchev–Trinajstić information content (AvgIpc) is 2.69. The third-order valence-electron chi connectivity index (χ3n) is 4.81. The van der Waals surface area contributed by atoms with Crippen molar-refractivity contribution in [3.63, 3.8) is 0 Å². The molecule has 1 N–H and O–H groups in total. The minimum Gasteiger partial charge on any atom is -0.344 e. The highest BCUT2D eigenvalue weighted by molar-refractivity contribution is 6.08. The van der Waals surface area contributed by atoms with E-state index in [9.17, 15) is 9.59 Å². The van der Waals surface area contributed by atoms with Crippen molar-refractivity contribution in [2.75, 3.05) is 5.32 Å². The predicted molar refractivity (Wildman–Crippen MR) is 113 cm³/mol. The quantitative estimate of drug-likeness (QED) is 0.686. The summed E-state index contributed by atoms with van der Waals surface area (Å²) in [5, 5.41) is 2.91. The molecule has 3 aromatic rings. The molecule has 2 aromatic heterocycles. The summed E-state index contributed by atoms with van der Waals surface area (Å²) >= 11 is 0. The van der Waals surface area contributed by atoms with Crippen LogP contribution >= 0.6 is 0 Å². The number of nitrogens with one attached hydrogen (secondary N) is 1. The Kier molecular flexibility index (Phi) is 6.04. The minimum absolute atomic E-state index is 0.151. The number of para-hydroxylation sites is 1. The van der Waals surface area contributed by atoms with Gasteiger partial charge in [-0.05, 0) is 44.0 Å². The number of nitrogens with zero attached hydrogens (tertiary/aromatic N) is 2. The maximum Gasteiger partial charge on any atom is 0.261 e. The van der Waals surface area contributed by atoms with Crippen LogP contribution in [0, 0.1) is 13.8 Å². The second-order valence-electron chi connectivity index (χ2n) is 6.89. The lowest BCUT2D eigenvalue weighted by molar-refractivity contribution is 0.102. The smallest absolute Gasteiger partial charge is 0.261 e. The number of carbonyl (C=O) groups is 1. The Morgan fingerprint density at radius 2 is 1.93 bits per heavy atom. The van der Waals surface area contributed by atoms with Gasteiger partial charge in [0.15, 0.2) is 5.43 Å². The summed E-state index contributed by atoms with van der Waals surface area (Å²) < 4.78 is 2.05. The maximum atomic E-state index is 13.2. The minimum atomic E-state index is -0.400. The molecule has 1 amide bonds. The number of pyridine rings is 2. The Bertz CT molecular complexity index is 1040. The third kappa shape index (κ3) is 4.03. The van der Waals surface area contributed by atoms with Crippen LogP contribution in [0.5, 0.6) is 0 Å². The number of hydrogen-bond acceptors (Lipinski definition) is 3. The number of carbonyl (C=O) groups excluding carboxylic acids is 1. The molecule has 0 aliphatic carbocycles. The summed E-state index contributed by atoms with van der Waals surface area (Å²) in [6, 6.07) is 12.8. The second-order valence-corrected chi connectivity index (χ2v) is 6.89. The maximum absolute atomic E-state index is 13.2. The van der Waals surface area contributed by atoms with Crippen molar-refractivity contribution in [3.05, 3.63) is 81.9 Å². The van der Waals surface area contributed by atoms with Gasteiger partial charge in [0, 0.05) is 41.9 Å². The van der Waals surface area contributed by atoms with Crippen molar-refractivity contribution in [3.8, 4) is 11.3 Å². The van der Waals surface area contributed by atoms with E-state index in [1.165, 1.54) is 0 Å². The molecular formula is C23H25N3O2. The number of anilines is 1. The molecule has 144 valence electrons. The van der Waals surface area contributed by atoms with Crippen molar-refractivity contribution in [1.82, 2.24) is 9.55 Å². The van der Waals surface area contributed by atoms with Crippen LogP contribution in [0.4, 0.5) is 5.69 Å². The summed E-state index contributed by atoms with van der Waals surface area (Å²) in [7, 11) is 0. The first-order chi connectivity index (χ1) is 13.5. The molecule has 0 atom stereocenters. The van der Waals surface area contributed by atoms with E-state index in [0.717, 1.165) is 36.2 Å². The van der Waals surface area contributed by atoms with E-state index in [1.54, 1.807) is 18.5 Å². The monoisotopic (exact) mass is 375 g/mol. The van der Waals surface area contributed by atoms with Crippen LogP contribution in [0.2, 0.25) is 0 Å². The lowest BCUT2D eigenvalue weighted by Gasteiger charge is -2.20. The molecule has 0 bridgehead atoms. The molecule has 0 unspecified atom stereocenters. The number of aryl methyl sites for hydroxylation is 2. The number of benzene rings is 1. The fraction of sp³-hybridized carbons (Fsp3) is 0.261. The van der Waals surface area contributed by atoms with Crippen LogP contribution in [0.25, 0.3) is 11.3 Å². The zero-order valence-electron chi connectivity index (χ0n) is 16.5. The van der Waals surface area contributed by atoms with Gasteiger partial charge in [-0.2, -0.15) is 0 Å². The Morgan fingerprint density at radius 3 is 2.61 bits per heavy atom. The summed E-state index contributed by atoms with van der Waals surface area (Å²) in [4.78, 5) is 30.2. The largest absolute Gasteiger partial charge is 0.344 e. The lowest BCUT2D eigenvalue weighted by Crippen LogP contribution is -2.27. The molecule has 1 aromatic carbocycles. The molecule has 0 aliphatic rings. The Labute approximate surface area is 165 Å². The van der Waals surface area contributed by atoms with Crippen LogP contribution in [-0.2, 0) is 6.54 Å². The zero-order valence-corrected chi connectivity index (χ0v) is 16.5. The van der Waals surface area contributed by atoms with Gasteiger partial charge in [-0.3, -0.25) is 14.6 Å². The van der Waals surface area contributed by atoms with Crippen molar-refractivity contribution in [1.29, 1.82) is 0 Å². The molecule has 0 saturated heterocycles. The highest BCUT2D eigenvalue weighted by Gasteiger charge is 2.22. The van der Waals surface area contributed by atoms with Crippen molar-refractivity contribution in [2.24, 2.45) is 0 Å². The van der Waals surface area contributed by atoms with Gasteiger partial charge in [0.25, 0.3) is 5.91 Å². The Morgan fingerprint density at radius 1 is 1.14 bits per heavy atom. The van der Waals surface area contributed by atoms with E-state index >= 15 is 0 Å². The molecular weight excluding hydrogens is 350 g/mol. The van der Waals surface area contributed by atoms with Gasteiger partial charge in [0.05, 0.1) is 5.69 Å². The van der Waals surface area contributed by atoms with Crippen molar-refractivity contribution in [2.45, 2.75) is 40.2 Å². The van der Waals surface area contributed by atoms with E-state index < -0.39 is 5.91 Å². The third-order valence-corrected chi connectivity index (χ3v) is 4.81. The molecule has 2 heterocycles. The molecule has 0 saturated carbocycles. The first-order valence-corrected chi connectivity index (χ1v) is 9.54. The highest BCUT2D eigenvalue weighted by Crippen LogP contribution is 2.25. The van der Waals surface area contributed by atoms with E-state index in [2.05, 4.69) is 21.8 Å². The Balaban J connectivity index is 2.18. The summed E-state index contributed by atoms with van der Waals surface area (Å²) in [5.41, 5.74) is 3.73. The molecule has 3 rings (SSSR count). The molecule has 0 aliphatic heterocycles. The van der Waals surface area contributed by atoms with Gasteiger partial charge in [-0.25, -0.2) is 0 Å². The number of unbranched alkanes of at least 4 members (excludes halogenated alkanes) is 1.